The molecule has 0 saturated carbocycles. The molecular formula is C12H19ClN2O4. The van der Waals surface area contributed by atoms with Gasteiger partial charge in [0.1, 0.15) is 5.75 Å². The molecule has 0 radical (unpaired) electrons. The van der Waals surface area contributed by atoms with Crippen LogP contribution in [0.15, 0.2) is 18.2 Å². The zero-order valence-electron chi connectivity index (χ0n) is 10.7. The van der Waals surface area contributed by atoms with Crippen LogP contribution in [0.5, 0.6) is 5.75 Å². The van der Waals surface area contributed by atoms with Crippen molar-refractivity contribution in [2.24, 2.45) is 5.73 Å². The summed E-state index contributed by atoms with van der Waals surface area (Å²) >= 11 is 0. The molecule has 7 heteroatoms. The summed E-state index contributed by atoms with van der Waals surface area (Å²) < 4.78 is 0. The maximum atomic E-state index is 10.9. The Morgan fingerprint density at radius 3 is 2.63 bits per heavy atom. The number of unbranched alkanes of at least 4 members (excludes halogenated alkanes) is 1. The van der Waals surface area contributed by atoms with Crippen molar-refractivity contribution in [3.05, 3.63) is 33.9 Å². The van der Waals surface area contributed by atoms with E-state index in [1.165, 1.54) is 18.2 Å². The van der Waals surface area contributed by atoms with E-state index in [1.807, 2.05) is 6.92 Å². The van der Waals surface area contributed by atoms with Gasteiger partial charge in [-0.3, -0.25) is 10.1 Å². The smallest absolute Gasteiger partial charge is 0.274 e. The van der Waals surface area contributed by atoms with Crippen molar-refractivity contribution >= 4 is 18.1 Å². The summed E-state index contributed by atoms with van der Waals surface area (Å²) in [6.07, 6.45) is 1.32. The van der Waals surface area contributed by atoms with Crippen LogP contribution in [0.2, 0.25) is 0 Å². The Morgan fingerprint density at radius 2 is 2.11 bits per heavy atom. The third kappa shape index (κ3) is 4.66. The minimum absolute atomic E-state index is 0. The van der Waals surface area contributed by atoms with E-state index in [0.29, 0.717) is 6.42 Å². The first-order valence-electron chi connectivity index (χ1n) is 5.88. The molecule has 108 valence electrons. The highest BCUT2D eigenvalue weighted by Gasteiger charge is 2.25. The number of hydrogen-bond donors (Lipinski definition) is 3. The maximum Gasteiger partial charge on any atom is 0.274 e. The van der Waals surface area contributed by atoms with E-state index in [1.54, 1.807) is 0 Å². The number of aliphatic hydroxyl groups excluding tert-OH is 1. The number of aliphatic hydroxyl groups is 1. The predicted molar refractivity (Wildman–Crippen MR) is 74.5 cm³/mol. The Balaban J connectivity index is 0.00000324. The molecule has 6 nitrogen and oxygen atoms in total. The number of nitrogens with zero attached hydrogens (tertiary/aromatic N) is 1. The summed E-state index contributed by atoms with van der Waals surface area (Å²) in [5.74, 6) is -0.103. The molecule has 0 aliphatic rings. The average Bonchev–Trinajstić information content (AvgIpc) is 2.34. The van der Waals surface area contributed by atoms with Gasteiger partial charge in [0.15, 0.2) is 0 Å². The Bertz CT molecular complexity index is 428. The van der Waals surface area contributed by atoms with Gasteiger partial charge in [0, 0.05) is 6.07 Å². The summed E-state index contributed by atoms with van der Waals surface area (Å²) in [4.78, 5) is 10.3. The summed E-state index contributed by atoms with van der Waals surface area (Å²) in [7, 11) is 0. The second kappa shape index (κ2) is 7.93. The molecule has 0 fully saturated rings. The predicted octanol–water partition coefficient (Wildman–Crippen LogP) is 2.27. The number of phenolic OH excluding ortho intramolecular Hbond substituents is 1. The molecule has 1 aromatic rings. The van der Waals surface area contributed by atoms with E-state index in [9.17, 15) is 20.3 Å². The van der Waals surface area contributed by atoms with Gasteiger partial charge in [0.2, 0.25) is 0 Å². The van der Waals surface area contributed by atoms with Crippen molar-refractivity contribution in [2.45, 2.75) is 38.3 Å². The number of benzene rings is 1. The number of nitro benzene ring substituents is 1. The van der Waals surface area contributed by atoms with E-state index in [2.05, 4.69) is 0 Å². The van der Waals surface area contributed by atoms with Crippen LogP contribution >= 0.6 is 12.4 Å². The minimum atomic E-state index is -0.871. The highest BCUT2D eigenvalue weighted by Crippen LogP contribution is 2.30. The Hall–Kier alpha value is -1.37. The quantitative estimate of drug-likeness (QED) is 0.550. The van der Waals surface area contributed by atoms with Crippen molar-refractivity contribution in [1.82, 2.24) is 0 Å². The zero-order valence-corrected chi connectivity index (χ0v) is 11.5. The standard InChI is InChI=1S/C12H18N2O4.ClH/c1-2-3-4-11(16)12(13)9-7-8(15)5-6-10(9)14(17)18;/h5-7,11-12,15-16H,2-4,13H2,1H3;1H/t11-,12+;/m0./s1. The highest BCUT2D eigenvalue weighted by atomic mass is 35.5. The van der Waals surface area contributed by atoms with Crippen LogP contribution < -0.4 is 5.73 Å². The molecule has 0 amide bonds. The van der Waals surface area contributed by atoms with Gasteiger partial charge in [-0.05, 0) is 18.6 Å². The fraction of sp³-hybridized carbons (Fsp3) is 0.500. The van der Waals surface area contributed by atoms with Crippen LogP contribution in [0.1, 0.15) is 37.8 Å². The van der Waals surface area contributed by atoms with Crippen molar-refractivity contribution in [2.75, 3.05) is 0 Å². The van der Waals surface area contributed by atoms with Crippen LogP contribution in [0.4, 0.5) is 5.69 Å². The summed E-state index contributed by atoms with van der Waals surface area (Å²) in [6.45, 7) is 1.98. The van der Waals surface area contributed by atoms with Gasteiger partial charge >= 0.3 is 0 Å². The molecular weight excluding hydrogens is 272 g/mol. The van der Waals surface area contributed by atoms with Crippen LogP contribution in [-0.4, -0.2) is 21.2 Å². The molecule has 0 spiro atoms. The number of hydrogen-bond acceptors (Lipinski definition) is 5. The normalized spacial score (nSPS) is 13.4. The minimum Gasteiger partial charge on any atom is -0.508 e. The average molecular weight is 291 g/mol. The van der Waals surface area contributed by atoms with Crippen molar-refractivity contribution < 1.29 is 15.1 Å². The topological polar surface area (TPSA) is 110 Å². The molecule has 0 aliphatic carbocycles. The van der Waals surface area contributed by atoms with Gasteiger partial charge in [-0.25, -0.2) is 0 Å². The molecule has 0 unspecified atom stereocenters. The molecule has 1 aromatic carbocycles. The molecule has 0 aliphatic heterocycles. The first-order chi connectivity index (χ1) is 8.47. The summed E-state index contributed by atoms with van der Waals surface area (Å²) in [5, 5.41) is 30.1. The van der Waals surface area contributed by atoms with Gasteiger partial charge in [-0.2, -0.15) is 0 Å². The van der Waals surface area contributed by atoms with Crippen LogP contribution in [0, 0.1) is 10.1 Å². The van der Waals surface area contributed by atoms with Crippen LogP contribution in [0.25, 0.3) is 0 Å². The van der Waals surface area contributed by atoms with Gasteiger partial charge in [0.25, 0.3) is 5.69 Å². The van der Waals surface area contributed by atoms with E-state index >= 15 is 0 Å². The van der Waals surface area contributed by atoms with Gasteiger partial charge < -0.3 is 15.9 Å². The lowest BCUT2D eigenvalue weighted by atomic mass is 9.97. The molecule has 0 heterocycles. The van der Waals surface area contributed by atoms with Gasteiger partial charge in [-0.15, -0.1) is 12.4 Å². The van der Waals surface area contributed by atoms with Crippen molar-refractivity contribution in [3.63, 3.8) is 0 Å². The van der Waals surface area contributed by atoms with Gasteiger partial charge in [0.05, 0.1) is 22.6 Å². The number of nitrogens with two attached hydrogens (primary N) is 1. The molecule has 0 aromatic heterocycles. The molecule has 0 saturated heterocycles. The Labute approximate surface area is 117 Å². The number of aromatic hydroxyl groups is 1. The number of rotatable bonds is 6. The third-order valence-electron chi connectivity index (χ3n) is 2.83. The summed E-state index contributed by atoms with van der Waals surface area (Å²) in [5.41, 5.74) is 5.79. The molecule has 2 atom stereocenters. The van der Waals surface area contributed by atoms with Gasteiger partial charge in [-0.1, -0.05) is 19.8 Å². The number of nitro groups is 1. The lowest BCUT2D eigenvalue weighted by Gasteiger charge is -2.19. The second-order valence-corrected chi connectivity index (χ2v) is 4.24. The highest BCUT2D eigenvalue weighted by molar-refractivity contribution is 5.85. The van der Waals surface area contributed by atoms with E-state index in [4.69, 9.17) is 5.73 Å². The SMILES string of the molecule is CCCC[C@H](O)[C@H](N)c1cc(O)ccc1[N+](=O)[O-].Cl. The number of phenols is 1. The van der Waals surface area contributed by atoms with E-state index in [0.717, 1.165) is 12.8 Å². The number of halogens is 1. The lowest BCUT2D eigenvalue weighted by Crippen LogP contribution is -2.26. The largest absolute Gasteiger partial charge is 0.508 e. The monoisotopic (exact) mass is 290 g/mol. The Morgan fingerprint density at radius 1 is 1.47 bits per heavy atom. The molecule has 4 N–H and O–H groups in total. The first-order valence-corrected chi connectivity index (χ1v) is 5.88. The lowest BCUT2D eigenvalue weighted by molar-refractivity contribution is -0.385. The summed E-state index contributed by atoms with van der Waals surface area (Å²) in [6, 6.07) is 2.78. The molecule has 19 heavy (non-hydrogen) atoms. The molecule has 0 bridgehead atoms. The fourth-order valence-electron chi connectivity index (χ4n) is 1.78. The van der Waals surface area contributed by atoms with Crippen molar-refractivity contribution in [1.29, 1.82) is 0 Å². The van der Waals surface area contributed by atoms with E-state index in [-0.39, 0.29) is 29.4 Å². The second-order valence-electron chi connectivity index (χ2n) is 4.24. The maximum absolute atomic E-state index is 10.9. The Kier molecular flexibility index (Phi) is 7.36. The zero-order chi connectivity index (χ0) is 13.7. The van der Waals surface area contributed by atoms with Crippen LogP contribution in [-0.2, 0) is 0 Å². The third-order valence-corrected chi connectivity index (χ3v) is 2.83. The van der Waals surface area contributed by atoms with Crippen molar-refractivity contribution in [3.8, 4) is 5.75 Å². The fourth-order valence-corrected chi connectivity index (χ4v) is 1.78. The van der Waals surface area contributed by atoms with Crippen LogP contribution in [0.3, 0.4) is 0 Å². The molecule has 1 rings (SSSR count). The van der Waals surface area contributed by atoms with E-state index < -0.39 is 17.1 Å². The first kappa shape index (κ1) is 17.6.